The first-order valence-electron chi connectivity index (χ1n) is 6.58. The van der Waals surface area contributed by atoms with Crippen molar-refractivity contribution in [3.63, 3.8) is 0 Å². The second-order valence-corrected chi connectivity index (χ2v) is 4.68. The zero-order valence-electron chi connectivity index (χ0n) is 11.6. The van der Waals surface area contributed by atoms with E-state index in [1.54, 1.807) is 12.4 Å². The number of aromatic amines is 1. The molecule has 0 aliphatic rings. The molecule has 0 aliphatic carbocycles. The number of hydrogen-bond donors (Lipinski definition) is 2. The van der Waals surface area contributed by atoms with Crippen molar-refractivity contribution in [1.82, 2.24) is 9.97 Å². The maximum absolute atomic E-state index is 11.9. The Morgan fingerprint density at radius 1 is 1.29 bits per heavy atom. The second-order valence-electron chi connectivity index (χ2n) is 4.68. The molecule has 0 saturated heterocycles. The maximum Gasteiger partial charge on any atom is 0.340 e. The summed E-state index contributed by atoms with van der Waals surface area (Å²) in [5, 5.41) is 0.768. The minimum Gasteiger partial charge on any atom is -0.465 e. The van der Waals surface area contributed by atoms with Crippen LogP contribution in [-0.4, -0.2) is 23.0 Å². The van der Waals surface area contributed by atoms with Crippen LogP contribution in [0.5, 0.6) is 0 Å². The molecule has 0 fully saturated rings. The van der Waals surface area contributed by atoms with Crippen LogP contribution in [0.4, 0.5) is 0 Å². The van der Waals surface area contributed by atoms with Crippen molar-refractivity contribution >= 4 is 17.0 Å². The number of nitrogens with two attached hydrogens (primary N) is 1. The molecule has 2 heterocycles. The number of aromatic nitrogens is 2. The first-order chi connectivity index (χ1) is 10.2. The van der Waals surface area contributed by atoms with E-state index < -0.39 is 0 Å². The number of H-pyrrole nitrogens is 1. The number of methoxy groups -OCH3 is 1. The van der Waals surface area contributed by atoms with Crippen LogP contribution in [0.25, 0.3) is 22.2 Å². The highest BCUT2D eigenvalue weighted by molar-refractivity contribution is 6.09. The molecule has 21 heavy (non-hydrogen) atoms. The van der Waals surface area contributed by atoms with Gasteiger partial charge in [0.2, 0.25) is 0 Å². The molecule has 0 spiro atoms. The van der Waals surface area contributed by atoms with Crippen molar-refractivity contribution in [3.05, 3.63) is 53.9 Å². The highest BCUT2D eigenvalue weighted by Crippen LogP contribution is 2.30. The lowest BCUT2D eigenvalue weighted by Gasteiger charge is -2.06. The van der Waals surface area contributed by atoms with Crippen molar-refractivity contribution in [2.24, 2.45) is 5.73 Å². The fourth-order valence-electron chi connectivity index (χ4n) is 2.39. The van der Waals surface area contributed by atoms with E-state index in [-0.39, 0.29) is 5.97 Å². The van der Waals surface area contributed by atoms with Crippen molar-refractivity contribution in [2.75, 3.05) is 7.11 Å². The molecule has 0 radical (unpaired) electrons. The minimum absolute atomic E-state index is 0.380. The summed E-state index contributed by atoms with van der Waals surface area (Å²) in [6.07, 6.45) is 3.34. The van der Waals surface area contributed by atoms with Crippen LogP contribution in [0.2, 0.25) is 0 Å². The van der Waals surface area contributed by atoms with E-state index >= 15 is 0 Å². The van der Waals surface area contributed by atoms with Gasteiger partial charge in [0.15, 0.2) is 0 Å². The zero-order chi connectivity index (χ0) is 14.8. The molecule has 0 amide bonds. The first-order valence-corrected chi connectivity index (χ1v) is 6.58. The standard InChI is InChI=1S/C16H15N3O2/c1-21-16(20)13-9-19-15-14(13)12(6-7-18-15)11-4-2-10(8-17)3-5-11/h2-7,9H,8,17H2,1H3,(H,18,19). The molecule has 106 valence electrons. The summed E-state index contributed by atoms with van der Waals surface area (Å²) in [5.41, 5.74) is 9.77. The number of benzene rings is 1. The van der Waals surface area contributed by atoms with E-state index in [0.29, 0.717) is 17.8 Å². The predicted molar refractivity (Wildman–Crippen MR) is 80.8 cm³/mol. The molecule has 3 aromatic rings. The quantitative estimate of drug-likeness (QED) is 0.723. The van der Waals surface area contributed by atoms with Crippen LogP contribution in [0, 0.1) is 0 Å². The van der Waals surface area contributed by atoms with Crippen molar-refractivity contribution in [3.8, 4) is 11.1 Å². The number of carbonyl (C=O) groups excluding carboxylic acids is 1. The molecule has 1 aromatic carbocycles. The van der Waals surface area contributed by atoms with E-state index in [1.807, 2.05) is 30.3 Å². The Labute approximate surface area is 121 Å². The third-order valence-electron chi connectivity index (χ3n) is 3.48. The van der Waals surface area contributed by atoms with E-state index in [1.165, 1.54) is 7.11 Å². The summed E-state index contributed by atoms with van der Waals surface area (Å²) in [6.45, 7) is 0.504. The summed E-state index contributed by atoms with van der Waals surface area (Å²) in [6, 6.07) is 9.83. The van der Waals surface area contributed by atoms with Crippen molar-refractivity contribution < 1.29 is 9.53 Å². The van der Waals surface area contributed by atoms with Gasteiger partial charge in [-0.2, -0.15) is 0 Å². The minimum atomic E-state index is -0.380. The number of nitrogens with one attached hydrogen (secondary N) is 1. The lowest BCUT2D eigenvalue weighted by molar-refractivity contribution is 0.0603. The molecule has 5 nitrogen and oxygen atoms in total. The fraction of sp³-hybridized carbons (Fsp3) is 0.125. The highest BCUT2D eigenvalue weighted by Gasteiger charge is 2.17. The maximum atomic E-state index is 11.9. The van der Waals surface area contributed by atoms with Crippen LogP contribution in [0.1, 0.15) is 15.9 Å². The molecule has 0 saturated carbocycles. The van der Waals surface area contributed by atoms with Gasteiger partial charge in [-0.3, -0.25) is 0 Å². The van der Waals surface area contributed by atoms with Crippen LogP contribution in [0.3, 0.4) is 0 Å². The third kappa shape index (κ3) is 2.28. The van der Waals surface area contributed by atoms with Gasteiger partial charge in [-0.15, -0.1) is 0 Å². The highest BCUT2D eigenvalue weighted by atomic mass is 16.5. The second kappa shape index (κ2) is 5.38. The predicted octanol–water partition coefficient (Wildman–Crippen LogP) is 2.48. The van der Waals surface area contributed by atoms with Crippen molar-refractivity contribution in [2.45, 2.75) is 6.54 Å². The summed E-state index contributed by atoms with van der Waals surface area (Å²) >= 11 is 0. The number of esters is 1. The Hall–Kier alpha value is -2.66. The third-order valence-corrected chi connectivity index (χ3v) is 3.48. The van der Waals surface area contributed by atoms with Gasteiger partial charge in [0.25, 0.3) is 0 Å². The Kier molecular flexibility index (Phi) is 3.41. The lowest BCUT2D eigenvalue weighted by Crippen LogP contribution is -2.00. The molecular formula is C16H15N3O2. The van der Waals surface area contributed by atoms with Crippen LogP contribution >= 0.6 is 0 Å². The first kappa shape index (κ1) is 13.3. The van der Waals surface area contributed by atoms with Gasteiger partial charge >= 0.3 is 5.97 Å². The smallest absolute Gasteiger partial charge is 0.340 e. The molecule has 5 heteroatoms. The van der Waals surface area contributed by atoms with Gasteiger partial charge in [-0.1, -0.05) is 24.3 Å². The van der Waals surface area contributed by atoms with Gasteiger partial charge in [-0.05, 0) is 22.8 Å². The topological polar surface area (TPSA) is 81.0 Å². The van der Waals surface area contributed by atoms with Gasteiger partial charge < -0.3 is 15.5 Å². The van der Waals surface area contributed by atoms with Gasteiger partial charge in [-0.25, -0.2) is 9.78 Å². The number of fused-ring (bicyclic) bond motifs is 1. The summed E-state index contributed by atoms with van der Waals surface area (Å²) in [4.78, 5) is 19.1. The van der Waals surface area contributed by atoms with Crippen molar-refractivity contribution in [1.29, 1.82) is 0 Å². The normalized spacial score (nSPS) is 10.8. The Bertz CT molecular complexity index is 791. The number of ether oxygens (including phenoxy) is 1. The van der Waals surface area contributed by atoms with Gasteiger partial charge in [0.05, 0.1) is 12.7 Å². The average Bonchev–Trinajstić information content (AvgIpc) is 2.98. The number of hydrogen-bond acceptors (Lipinski definition) is 4. The Morgan fingerprint density at radius 2 is 2.05 bits per heavy atom. The molecule has 0 unspecified atom stereocenters. The van der Waals surface area contributed by atoms with Crippen LogP contribution in [0.15, 0.2) is 42.7 Å². The molecule has 0 bridgehead atoms. The van der Waals surface area contributed by atoms with E-state index in [0.717, 1.165) is 22.1 Å². The molecule has 2 aromatic heterocycles. The fourth-order valence-corrected chi connectivity index (χ4v) is 2.39. The average molecular weight is 281 g/mol. The largest absolute Gasteiger partial charge is 0.465 e. The summed E-state index contributed by atoms with van der Waals surface area (Å²) in [5.74, 6) is -0.380. The summed E-state index contributed by atoms with van der Waals surface area (Å²) < 4.78 is 4.83. The molecular weight excluding hydrogens is 266 g/mol. The SMILES string of the molecule is COC(=O)c1c[nH]c2nccc(-c3ccc(CN)cc3)c12. The van der Waals surface area contributed by atoms with E-state index in [9.17, 15) is 4.79 Å². The van der Waals surface area contributed by atoms with E-state index in [4.69, 9.17) is 10.5 Å². The Balaban J connectivity index is 2.21. The summed E-state index contributed by atoms with van der Waals surface area (Å²) in [7, 11) is 1.37. The molecule has 3 N–H and O–H groups in total. The molecule has 3 rings (SSSR count). The Morgan fingerprint density at radius 3 is 2.71 bits per heavy atom. The van der Waals surface area contributed by atoms with Crippen LogP contribution in [-0.2, 0) is 11.3 Å². The monoisotopic (exact) mass is 281 g/mol. The number of nitrogens with zero attached hydrogens (tertiary/aromatic N) is 1. The lowest BCUT2D eigenvalue weighted by atomic mass is 10.00. The molecule has 0 atom stereocenters. The van der Waals surface area contributed by atoms with E-state index in [2.05, 4.69) is 9.97 Å². The number of pyridine rings is 1. The zero-order valence-corrected chi connectivity index (χ0v) is 11.6. The number of rotatable bonds is 3. The number of carbonyl (C=O) groups is 1. The van der Waals surface area contributed by atoms with Gasteiger partial charge in [0, 0.05) is 24.3 Å². The molecule has 0 aliphatic heterocycles. The van der Waals surface area contributed by atoms with Gasteiger partial charge in [0.1, 0.15) is 5.65 Å². The van der Waals surface area contributed by atoms with Crippen LogP contribution < -0.4 is 5.73 Å².